The molecule has 0 bridgehead atoms. The molecule has 2 N–H and O–H groups in total. The molecule has 0 radical (unpaired) electrons. The number of rotatable bonds is 2. The van der Waals surface area contributed by atoms with E-state index in [9.17, 15) is 9.90 Å². The number of carboxylic acid groups (broad SMARTS) is 1. The molecule has 1 aliphatic carbocycles. The van der Waals surface area contributed by atoms with E-state index in [2.05, 4.69) is 13.8 Å². The van der Waals surface area contributed by atoms with Crippen molar-refractivity contribution in [3.05, 3.63) is 0 Å². The van der Waals surface area contributed by atoms with Crippen LogP contribution in [0.3, 0.4) is 0 Å². The molecule has 76 valence electrons. The molecular formula is C10H18O3. The number of hydrogen-bond donors (Lipinski definition) is 2. The average Bonchev–Trinajstić information content (AvgIpc) is 2.08. The fourth-order valence-electron chi connectivity index (χ4n) is 2.08. The van der Waals surface area contributed by atoms with Gasteiger partial charge in [-0.3, -0.25) is 0 Å². The van der Waals surface area contributed by atoms with Gasteiger partial charge in [0.2, 0.25) is 0 Å². The summed E-state index contributed by atoms with van der Waals surface area (Å²) in [5.74, 6) is 0.0837. The Morgan fingerprint density at radius 3 is 2.38 bits per heavy atom. The molecule has 4 atom stereocenters. The lowest BCUT2D eigenvalue weighted by molar-refractivity contribution is -0.150. The van der Waals surface area contributed by atoms with Crippen LogP contribution in [0.15, 0.2) is 0 Å². The lowest BCUT2D eigenvalue weighted by Crippen LogP contribution is -2.34. The van der Waals surface area contributed by atoms with Gasteiger partial charge in [-0.25, -0.2) is 4.79 Å². The maximum absolute atomic E-state index is 10.5. The van der Waals surface area contributed by atoms with Crippen molar-refractivity contribution in [2.45, 2.75) is 39.2 Å². The fourth-order valence-corrected chi connectivity index (χ4v) is 2.08. The Bertz CT molecular complexity index is 191. The fraction of sp³-hybridized carbons (Fsp3) is 0.900. The molecule has 0 heterocycles. The van der Waals surface area contributed by atoms with Crippen LogP contribution in [0.1, 0.15) is 33.1 Å². The molecule has 0 saturated heterocycles. The summed E-state index contributed by atoms with van der Waals surface area (Å²) < 4.78 is 0. The van der Waals surface area contributed by atoms with Crippen LogP contribution in [0.25, 0.3) is 0 Å². The molecule has 0 aromatic rings. The standard InChI is InChI=1S/C10H18O3/c1-6-3-4-8(5-7(6)2)9(11)10(12)13/h6-9,11H,3-5H2,1-2H3,(H,12,13). The van der Waals surface area contributed by atoms with Crippen LogP contribution < -0.4 is 0 Å². The predicted octanol–water partition coefficient (Wildman–Crippen LogP) is 1.50. The van der Waals surface area contributed by atoms with Crippen molar-refractivity contribution in [3.63, 3.8) is 0 Å². The molecule has 0 amide bonds. The Labute approximate surface area is 78.8 Å². The van der Waals surface area contributed by atoms with Gasteiger partial charge in [0, 0.05) is 0 Å². The van der Waals surface area contributed by atoms with Crippen LogP contribution in [0.2, 0.25) is 0 Å². The van der Waals surface area contributed by atoms with Crippen molar-refractivity contribution in [2.75, 3.05) is 0 Å². The third kappa shape index (κ3) is 2.44. The molecule has 1 fully saturated rings. The molecule has 3 nitrogen and oxygen atoms in total. The van der Waals surface area contributed by atoms with Gasteiger partial charge in [0.05, 0.1) is 0 Å². The minimum Gasteiger partial charge on any atom is -0.479 e. The Kier molecular flexibility index (Phi) is 3.31. The van der Waals surface area contributed by atoms with Gasteiger partial charge in [-0.2, -0.15) is 0 Å². The summed E-state index contributed by atoms with van der Waals surface area (Å²) in [7, 11) is 0. The second-order valence-corrected chi connectivity index (χ2v) is 4.31. The third-order valence-electron chi connectivity index (χ3n) is 3.34. The molecule has 3 heteroatoms. The Morgan fingerprint density at radius 1 is 1.31 bits per heavy atom. The summed E-state index contributed by atoms with van der Waals surface area (Å²) in [5.41, 5.74) is 0. The lowest BCUT2D eigenvalue weighted by atomic mass is 9.74. The molecule has 0 spiro atoms. The zero-order chi connectivity index (χ0) is 10.0. The number of carboxylic acids is 1. The van der Waals surface area contributed by atoms with E-state index in [0.717, 1.165) is 19.3 Å². The highest BCUT2D eigenvalue weighted by Crippen LogP contribution is 2.34. The van der Waals surface area contributed by atoms with E-state index in [1.165, 1.54) is 0 Å². The van der Waals surface area contributed by atoms with Crippen LogP contribution in [-0.2, 0) is 4.79 Å². The molecule has 1 aliphatic rings. The van der Waals surface area contributed by atoms with Crippen molar-refractivity contribution in [1.29, 1.82) is 0 Å². The van der Waals surface area contributed by atoms with E-state index >= 15 is 0 Å². The Hall–Kier alpha value is -0.570. The highest BCUT2D eigenvalue weighted by molar-refractivity contribution is 5.72. The van der Waals surface area contributed by atoms with Crippen LogP contribution in [0, 0.1) is 17.8 Å². The van der Waals surface area contributed by atoms with Gasteiger partial charge in [-0.15, -0.1) is 0 Å². The topological polar surface area (TPSA) is 57.5 Å². The third-order valence-corrected chi connectivity index (χ3v) is 3.34. The van der Waals surface area contributed by atoms with E-state index in [1.54, 1.807) is 0 Å². The zero-order valence-corrected chi connectivity index (χ0v) is 8.23. The number of aliphatic hydroxyl groups is 1. The monoisotopic (exact) mass is 186 g/mol. The molecule has 1 rings (SSSR count). The first-order valence-electron chi connectivity index (χ1n) is 4.93. The number of carbonyl (C=O) groups is 1. The SMILES string of the molecule is CC1CCC(C(O)C(=O)O)CC1C. The molecule has 13 heavy (non-hydrogen) atoms. The van der Waals surface area contributed by atoms with Crippen molar-refractivity contribution in [1.82, 2.24) is 0 Å². The highest BCUT2D eigenvalue weighted by Gasteiger charge is 2.32. The van der Waals surface area contributed by atoms with Crippen LogP contribution in [-0.4, -0.2) is 22.3 Å². The predicted molar refractivity (Wildman–Crippen MR) is 49.3 cm³/mol. The summed E-state index contributed by atoms with van der Waals surface area (Å²) in [5, 5.41) is 18.0. The summed E-state index contributed by atoms with van der Waals surface area (Å²) in [6.45, 7) is 4.32. The number of aliphatic hydroxyl groups excluding tert-OH is 1. The quantitative estimate of drug-likeness (QED) is 0.687. The first-order valence-corrected chi connectivity index (χ1v) is 4.93. The minimum atomic E-state index is -1.16. The van der Waals surface area contributed by atoms with Gasteiger partial charge >= 0.3 is 5.97 Å². The van der Waals surface area contributed by atoms with Crippen molar-refractivity contribution < 1.29 is 15.0 Å². The second-order valence-electron chi connectivity index (χ2n) is 4.31. The Balaban J connectivity index is 2.50. The van der Waals surface area contributed by atoms with Crippen molar-refractivity contribution in [2.24, 2.45) is 17.8 Å². The van der Waals surface area contributed by atoms with Crippen molar-refractivity contribution in [3.8, 4) is 0 Å². The summed E-state index contributed by atoms with van der Waals surface area (Å²) in [6, 6.07) is 0. The summed E-state index contributed by atoms with van der Waals surface area (Å²) in [6.07, 6.45) is 1.57. The zero-order valence-electron chi connectivity index (χ0n) is 8.23. The highest BCUT2D eigenvalue weighted by atomic mass is 16.4. The van der Waals surface area contributed by atoms with Gasteiger partial charge < -0.3 is 10.2 Å². The maximum atomic E-state index is 10.5. The first-order chi connectivity index (χ1) is 6.02. The van der Waals surface area contributed by atoms with E-state index in [1.807, 2.05) is 0 Å². The van der Waals surface area contributed by atoms with E-state index in [-0.39, 0.29) is 5.92 Å². The van der Waals surface area contributed by atoms with Gasteiger partial charge in [-0.05, 0) is 30.6 Å². The number of aliphatic carboxylic acids is 1. The van der Waals surface area contributed by atoms with Gasteiger partial charge in [0.25, 0.3) is 0 Å². The van der Waals surface area contributed by atoms with Gasteiger partial charge in [0.15, 0.2) is 6.10 Å². The molecule has 0 aliphatic heterocycles. The molecule has 0 aromatic carbocycles. The first kappa shape index (κ1) is 10.5. The van der Waals surface area contributed by atoms with Gasteiger partial charge in [0.1, 0.15) is 0 Å². The van der Waals surface area contributed by atoms with E-state index < -0.39 is 12.1 Å². The largest absolute Gasteiger partial charge is 0.479 e. The van der Waals surface area contributed by atoms with E-state index in [4.69, 9.17) is 5.11 Å². The summed E-state index contributed by atoms with van der Waals surface area (Å²) >= 11 is 0. The lowest BCUT2D eigenvalue weighted by Gasteiger charge is -2.33. The van der Waals surface area contributed by atoms with Crippen LogP contribution >= 0.6 is 0 Å². The number of hydrogen-bond acceptors (Lipinski definition) is 2. The minimum absolute atomic E-state index is 0.0382. The average molecular weight is 186 g/mol. The van der Waals surface area contributed by atoms with Crippen LogP contribution in [0.4, 0.5) is 0 Å². The Morgan fingerprint density at radius 2 is 1.92 bits per heavy atom. The summed E-state index contributed by atoms with van der Waals surface area (Å²) in [4.78, 5) is 10.5. The molecule has 1 saturated carbocycles. The van der Waals surface area contributed by atoms with Crippen LogP contribution in [0.5, 0.6) is 0 Å². The normalized spacial score (nSPS) is 37.0. The second kappa shape index (κ2) is 4.09. The molecular weight excluding hydrogens is 168 g/mol. The van der Waals surface area contributed by atoms with Crippen molar-refractivity contribution >= 4 is 5.97 Å². The smallest absolute Gasteiger partial charge is 0.332 e. The maximum Gasteiger partial charge on any atom is 0.332 e. The molecule has 0 aromatic heterocycles. The van der Waals surface area contributed by atoms with Gasteiger partial charge in [-0.1, -0.05) is 20.3 Å². The molecule has 4 unspecified atom stereocenters. The van der Waals surface area contributed by atoms with E-state index in [0.29, 0.717) is 11.8 Å².